The van der Waals surface area contributed by atoms with Gasteiger partial charge in [-0.05, 0) is 6.42 Å². The maximum atomic E-state index is 11.8. The zero-order valence-corrected chi connectivity index (χ0v) is 15.0. The Hall–Kier alpha value is -2.90. The van der Waals surface area contributed by atoms with Gasteiger partial charge >= 0.3 is 6.18 Å². The number of carbonyl (C=O) groups excluding carboxylic acids is 1. The molecule has 5 N–H and O–H groups in total. The molecule has 3 heterocycles. The lowest BCUT2D eigenvalue weighted by atomic mass is 10.0. The Morgan fingerprint density at radius 1 is 1.24 bits per heavy atom. The SMILES string of the molecule is Nc1cncc(C(F)(F)F)n1.O=C(NCC1OCCC(O)C1O)c1cnccn1. The number of hydrogen-bond donors (Lipinski definition) is 4. The highest BCUT2D eigenvalue weighted by Gasteiger charge is 2.33. The molecule has 0 aliphatic carbocycles. The first-order valence-electron chi connectivity index (χ1n) is 8.35. The first kappa shape index (κ1) is 22.4. The molecule has 1 fully saturated rings. The fourth-order valence-corrected chi connectivity index (χ4v) is 2.25. The Morgan fingerprint density at radius 2 is 2.00 bits per heavy atom. The van der Waals surface area contributed by atoms with Crippen LogP contribution >= 0.6 is 0 Å². The summed E-state index contributed by atoms with van der Waals surface area (Å²) in [6, 6.07) is 0. The third-order valence-electron chi connectivity index (χ3n) is 3.72. The number of halogens is 3. The monoisotopic (exact) mass is 416 g/mol. The highest BCUT2D eigenvalue weighted by Crippen LogP contribution is 2.26. The summed E-state index contributed by atoms with van der Waals surface area (Å²) in [4.78, 5) is 25.6. The smallest absolute Gasteiger partial charge is 0.390 e. The molecule has 0 aromatic carbocycles. The summed E-state index contributed by atoms with van der Waals surface area (Å²) in [5.41, 5.74) is 4.11. The number of anilines is 1. The first-order valence-corrected chi connectivity index (χ1v) is 8.35. The number of nitrogen functional groups attached to an aromatic ring is 1. The number of aliphatic hydroxyl groups is 2. The third kappa shape index (κ3) is 6.89. The molecule has 13 heteroatoms. The molecule has 2 aromatic rings. The summed E-state index contributed by atoms with van der Waals surface area (Å²) in [6.45, 7) is 0.484. The molecule has 3 unspecified atom stereocenters. The fourth-order valence-electron chi connectivity index (χ4n) is 2.25. The Morgan fingerprint density at radius 3 is 2.59 bits per heavy atom. The normalized spacial score (nSPS) is 21.6. The molecule has 1 saturated heterocycles. The van der Waals surface area contributed by atoms with Crippen LogP contribution in [0, 0.1) is 0 Å². The topological polar surface area (TPSA) is 156 Å². The van der Waals surface area contributed by atoms with E-state index in [9.17, 15) is 28.2 Å². The molecule has 3 rings (SSSR count). The summed E-state index contributed by atoms with van der Waals surface area (Å²) in [7, 11) is 0. The number of ether oxygens (including phenoxy) is 1. The van der Waals surface area contributed by atoms with E-state index < -0.39 is 30.2 Å². The van der Waals surface area contributed by atoms with Crippen molar-refractivity contribution in [1.29, 1.82) is 0 Å². The summed E-state index contributed by atoms with van der Waals surface area (Å²) in [5, 5.41) is 21.7. The first-order chi connectivity index (χ1) is 13.7. The molecule has 2 aromatic heterocycles. The molecule has 0 bridgehead atoms. The molecule has 0 saturated carbocycles. The van der Waals surface area contributed by atoms with Gasteiger partial charge in [-0.3, -0.25) is 14.8 Å². The molecule has 158 valence electrons. The van der Waals surface area contributed by atoms with E-state index in [2.05, 4.69) is 25.3 Å². The van der Waals surface area contributed by atoms with Crippen LogP contribution in [0.4, 0.5) is 19.0 Å². The minimum atomic E-state index is -4.47. The van der Waals surface area contributed by atoms with Crippen molar-refractivity contribution < 1.29 is 32.9 Å². The van der Waals surface area contributed by atoms with Gasteiger partial charge in [-0.25, -0.2) is 9.97 Å². The summed E-state index contributed by atoms with van der Waals surface area (Å²) >= 11 is 0. The average Bonchev–Trinajstić information content (AvgIpc) is 2.69. The Kier molecular flexibility index (Phi) is 7.75. The third-order valence-corrected chi connectivity index (χ3v) is 3.72. The van der Waals surface area contributed by atoms with E-state index in [-0.39, 0.29) is 24.0 Å². The lowest BCUT2D eigenvalue weighted by Gasteiger charge is -2.31. The van der Waals surface area contributed by atoms with Crippen molar-refractivity contribution in [3.8, 4) is 0 Å². The zero-order chi connectivity index (χ0) is 21.4. The second-order valence-electron chi connectivity index (χ2n) is 5.88. The second-order valence-corrected chi connectivity index (χ2v) is 5.88. The number of aromatic nitrogens is 4. The van der Waals surface area contributed by atoms with Gasteiger partial charge in [-0.15, -0.1) is 0 Å². The summed E-state index contributed by atoms with van der Waals surface area (Å²) in [6.07, 6.45) is -0.551. The molecule has 29 heavy (non-hydrogen) atoms. The summed E-state index contributed by atoms with van der Waals surface area (Å²) in [5.74, 6) is -0.626. The lowest BCUT2D eigenvalue weighted by molar-refractivity contribution is -0.141. The second kappa shape index (κ2) is 10.0. The number of rotatable bonds is 3. The van der Waals surface area contributed by atoms with Crippen LogP contribution in [-0.4, -0.2) is 67.5 Å². The minimum absolute atomic E-state index is 0.119. The average molecular weight is 416 g/mol. The number of nitrogens with zero attached hydrogens (tertiary/aromatic N) is 4. The molecular weight excluding hydrogens is 397 g/mol. The van der Waals surface area contributed by atoms with Crippen LogP contribution in [0.15, 0.2) is 31.0 Å². The lowest BCUT2D eigenvalue weighted by Crippen LogP contribution is -2.50. The minimum Gasteiger partial charge on any atom is -0.390 e. The van der Waals surface area contributed by atoms with Gasteiger partial charge in [0.2, 0.25) is 0 Å². The van der Waals surface area contributed by atoms with Crippen molar-refractivity contribution in [1.82, 2.24) is 25.3 Å². The van der Waals surface area contributed by atoms with E-state index in [1.54, 1.807) is 0 Å². The van der Waals surface area contributed by atoms with Gasteiger partial charge in [0.1, 0.15) is 23.7 Å². The van der Waals surface area contributed by atoms with Crippen molar-refractivity contribution in [3.63, 3.8) is 0 Å². The number of nitrogens with one attached hydrogen (secondary N) is 1. The van der Waals surface area contributed by atoms with Crippen molar-refractivity contribution >= 4 is 11.7 Å². The predicted octanol–water partition coefficient (Wildman–Crippen LogP) is -0.205. The maximum absolute atomic E-state index is 11.8. The van der Waals surface area contributed by atoms with Gasteiger partial charge in [0.05, 0.1) is 24.7 Å². The molecule has 1 aliphatic rings. The van der Waals surface area contributed by atoms with E-state index in [1.807, 2.05) is 0 Å². The quantitative estimate of drug-likeness (QED) is 0.532. The molecule has 0 radical (unpaired) electrons. The standard InChI is InChI=1S/C11H15N3O4.C5H4F3N3/c15-8-1-4-18-9(10(8)16)6-14-11(17)7-5-12-2-3-13-7;6-5(7,8)3-1-10-2-4(9)11-3/h2-3,5,8-10,15-16H,1,4,6H2,(H,14,17);1-2H,(H2,9,11). The highest BCUT2D eigenvalue weighted by atomic mass is 19.4. The molecule has 1 aliphatic heterocycles. The van der Waals surface area contributed by atoms with Gasteiger partial charge in [-0.2, -0.15) is 13.2 Å². The van der Waals surface area contributed by atoms with E-state index in [0.717, 1.165) is 6.20 Å². The number of hydrogen-bond acceptors (Lipinski definition) is 9. The van der Waals surface area contributed by atoms with Crippen molar-refractivity contribution in [2.75, 3.05) is 18.9 Å². The van der Waals surface area contributed by atoms with E-state index in [1.165, 1.54) is 18.6 Å². The van der Waals surface area contributed by atoms with Gasteiger partial charge in [-0.1, -0.05) is 0 Å². The zero-order valence-electron chi connectivity index (χ0n) is 15.0. The molecule has 10 nitrogen and oxygen atoms in total. The van der Waals surface area contributed by atoms with Crippen LogP contribution in [0.5, 0.6) is 0 Å². The molecular formula is C16H19F3N6O4. The Balaban J connectivity index is 0.000000234. The highest BCUT2D eigenvalue weighted by molar-refractivity contribution is 5.91. The number of nitrogens with two attached hydrogens (primary N) is 1. The van der Waals surface area contributed by atoms with Gasteiger partial charge in [0.25, 0.3) is 5.91 Å². The van der Waals surface area contributed by atoms with Gasteiger partial charge < -0.3 is 26.0 Å². The van der Waals surface area contributed by atoms with Crippen LogP contribution in [0.1, 0.15) is 22.6 Å². The van der Waals surface area contributed by atoms with E-state index in [0.29, 0.717) is 19.2 Å². The summed E-state index contributed by atoms with van der Waals surface area (Å²) < 4.78 is 40.7. The Bertz CT molecular complexity index is 796. The number of amides is 1. The maximum Gasteiger partial charge on any atom is 0.434 e. The van der Waals surface area contributed by atoms with E-state index >= 15 is 0 Å². The largest absolute Gasteiger partial charge is 0.434 e. The van der Waals surface area contributed by atoms with Crippen LogP contribution in [0.3, 0.4) is 0 Å². The van der Waals surface area contributed by atoms with Crippen LogP contribution < -0.4 is 11.1 Å². The van der Waals surface area contributed by atoms with Gasteiger partial charge in [0, 0.05) is 25.5 Å². The van der Waals surface area contributed by atoms with Crippen LogP contribution in [-0.2, 0) is 10.9 Å². The van der Waals surface area contributed by atoms with Crippen molar-refractivity contribution in [2.24, 2.45) is 0 Å². The van der Waals surface area contributed by atoms with Crippen LogP contribution in [0.25, 0.3) is 0 Å². The number of carbonyl (C=O) groups is 1. The van der Waals surface area contributed by atoms with Gasteiger partial charge in [0.15, 0.2) is 5.69 Å². The molecule has 0 spiro atoms. The predicted molar refractivity (Wildman–Crippen MR) is 92.2 cm³/mol. The van der Waals surface area contributed by atoms with Crippen molar-refractivity contribution in [3.05, 3.63) is 42.4 Å². The van der Waals surface area contributed by atoms with E-state index in [4.69, 9.17) is 10.5 Å². The Labute approximate surface area is 163 Å². The molecule has 1 amide bonds. The molecule has 3 atom stereocenters. The number of alkyl halides is 3. The fraction of sp³-hybridized carbons (Fsp3) is 0.438. The van der Waals surface area contributed by atoms with Crippen molar-refractivity contribution in [2.45, 2.75) is 30.9 Å². The number of aliphatic hydroxyl groups excluding tert-OH is 2. The van der Waals surface area contributed by atoms with Crippen LogP contribution in [0.2, 0.25) is 0 Å².